The Morgan fingerprint density at radius 1 is 1.43 bits per heavy atom. The Kier molecular flexibility index (Phi) is 3.50. The van der Waals surface area contributed by atoms with Crippen LogP contribution in [0.5, 0.6) is 0 Å². The van der Waals surface area contributed by atoms with Gasteiger partial charge in [0.05, 0.1) is 4.92 Å². The molecule has 7 heteroatoms. The second-order valence-electron chi connectivity index (χ2n) is 5.67. The fourth-order valence-corrected chi connectivity index (χ4v) is 3.36. The van der Waals surface area contributed by atoms with E-state index >= 15 is 0 Å². The predicted octanol–water partition coefficient (Wildman–Crippen LogP) is 0.882. The molecule has 3 rings (SSSR count). The van der Waals surface area contributed by atoms with Crippen molar-refractivity contribution in [3.63, 3.8) is 0 Å². The lowest BCUT2D eigenvalue weighted by atomic mass is 9.93. The molecule has 2 atom stereocenters. The molecule has 3 N–H and O–H groups in total. The molecule has 2 heterocycles. The number of fused-ring (bicyclic) bond motifs is 1. The van der Waals surface area contributed by atoms with Crippen molar-refractivity contribution in [3.8, 4) is 0 Å². The highest BCUT2D eigenvalue weighted by atomic mass is 16.6. The molecule has 0 bridgehead atoms. The Bertz CT molecular complexity index is 590. The molecule has 1 aromatic carbocycles. The standard InChI is InChI=1S/C14H18N4O3/c15-14(19)9-1-2-12(13(7-9)18(20)21)17-6-4-11-10(8-17)3-5-16-11/h1-2,7,10-11,16H,3-6,8H2,(H2,15,19). The van der Waals surface area contributed by atoms with Crippen LogP contribution in [0.2, 0.25) is 0 Å². The number of primary amides is 1. The van der Waals surface area contributed by atoms with Crippen molar-refractivity contribution in [2.45, 2.75) is 18.9 Å². The highest BCUT2D eigenvalue weighted by Gasteiger charge is 2.34. The smallest absolute Gasteiger partial charge is 0.293 e. The van der Waals surface area contributed by atoms with Gasteiger partial charge in [-0.3, -0.25) is 14.9 Å². The van der Waals surface area contributed by atoms with E-state index in [1.165, 1.54) is 6.07 Å². The highest BCUT2D eigenvalue weighted by molar-refractivity contribution is 5.94. The summed E-state index contributed by atoms with van der Waals surface area (Å²) in [5, 5.41) is 14.8. The van der Waals surface area contributed by atoms with Gasteiger partial charge in [0.1, 0.15) is 5.69 Å². The molecule has 2 fully saturated rings. The van der Waals surface area contributed by atoms with E-state index in [2.05, 4.69) is 10.2 Å². The molecule has 0 radical (unpaired) electrons. The summed E-state index contributed by atoms with van der Waals surface area (Å²) in [6, 6.07) is 5.01. The number of nitrogens with one attached hydrogen (secondary N) is 1. The number of amides is 1. The summed E-state index contributed by atoms with van der Waals surface area (Å²) in [5.41, 5.74) is 5.90. The van der Waals surface area contributed by atoms with Crippen LogP contribution in [0.25, 0.3) is 0 Å². The van der Waals surface area contributed by atoms with E-state index < -0.39 is 10.8 Å². The number of nitrogens with two attached hydrogens (primary N) is 1. The second kappa shape index (κ2) is 5.33. The van der Waals surface area contributed by atoms with Crippen LogP contribution >= 0.6 is 0 Å². The fraction of sp³-hybridized carbons (Fsp3) is 0.500. The number of benzene rings is 1. The first-order valence-electron chi connectivity index (χ1n) is 7.13. The zero-order valence-corrected chi connectivity index (χ0v) is 11.6. The predicted molar refractivity (Wildman–Crippen MR) is 78.3 cm³/mol. The van der Waals surface area contributed by atoms with Gasteiger partial charge in [0, 0.05) is 30.8 Å². The summed E-state index contributed by atoms with van der Waals surface area (Å²) in [6.07, 6.45) is 2.09. The molecule has 2 aliphatic heterocycles. The molecular weight excluding hydrogens is 272 g/mol. The topological polar surface area (TPSA) is 102 Å². The molecule has 7 nitrogen and oxygen atoms in total. The number of piperidine rings is 1. The molecule has 2 saturated heterocycles. The molecule has 21 heavy (non-hydrogen) atoms. The average molecular weight is 290 g/mol. The molecule has 0 saturated carbocycles. The maximum atomic E-state index is 11.3. The molecule has 1 aromatic rings. The third-order valence-corrected chi connectivity index (χ3v) is 4.45. The summed E-state index contributed by atoms with van der Waals surface area (Å²) in [7, 11) is 0. The second-order valence-corrected chi connectivity index (χ2v) is 5.67. The van der Waals surface area contributed by atoms with E-state index in [-0.39, 0.29) is 11.3 Å². The number of hydrogen-bond acceptors (Lipinski definition) is 5. The van der Waals surface area contributed by atoms with Gasteiger partial charge in [-0.2, -0.15) is 0 Å². The monoisotopic (exact) mass is 290 g/mol. The first-order valence-corrected chi connectivity index (χ1v) is 7.13. The van der Waals surface area contributed by atoms with Crippen LogP contribution in [-0.4, -0.2) is 36.5 Å². The number of nitrogens with zero attached hydrogens (tertiary/aromatic N) is 2. The van der Waals surface area contributed by atoms with Crippen LogP contribution in [-0.2, 0) is 0 Å². The van der Waals surface area contributed by atoms with E-state index in [1.807, 2.05) is 0 Å². The number of anilines is 1. The van der Waals surface area contributed by atoms with Gasteiger partial charge in [0.15, 0.2) is 0 Å². The van der Waals surface area contributed by atoms with Gasteiger partial charge in [-0.1, -0.05) is 0 Å². The number of carbonyl (C=O) groups is 1. The normalized spacial score (nSPS) is 24.7. The van der Waals surface area contributed by atoms with Crippen LogP contribution in [0.1, 0.15) is 23.2 Å². The first kappa shape index (κ1) is 13.8. The van der Waals surface area contributed by atoms with Crippen LogP contribution in [0, 0.1) is 16.0 Å². The van der Waals surface area contributed by atoms with Crippen molar-refractivity contribution in [1.29, 1.82) is 0 Å². The maximum Gasteiger partial charge on any atom is 0.293 e. The van der Waals surface area contributed by atoms with Gasteiger partial charge < -0.3 is 16.0 Å². The van der Waals surface area contributed by atoms with Gasteiger partial charge in [0.25, 0.3) is 5.69 Å². The molecule has 2 unspecified atom stereocenters. The highest BCUT2D eigenvalue weighted by Crippen LogP contribution is 2.34. The van der Waals surface area contributed by atoms with Crippen molar-refractivity contribution in [1.82, 2.24) is 5.32 Å². The number of nitro benzene ring substituents is 1. The molecule has 1 amide bonds. The van der Waals surface area contributed by atoms with E-state index in [4.69, 9.17) is 5.73 Å². The number of carbonyl (C=O) groups excluding carboxylic acids is 1. The van der Waals surface area contributed by atoms with Crippen molar-refractivity contribution >= 4 is 17.3 Å². The van der Waals surface area contributed by atoms with Crippen molar-refractivity contribution in [2.75, 3.05) is 24.5 Å². The van der Waals surface area contributed by atoms with Gasteiger partial charge >= 0.3 is 0 Å². The van der Waals surface area contributed by atoms with Crippen molar-refractivity contribution < 1.29 is 9.72 Å². The van der Waals surface area contributed by atoms with Gasteiger partial charge in [-0.25, -0.2) is 0 Å². The maximum absolute atomic E-state index is 11.3. The first-order chi connectivity index (χ1) is 10.1. The van der Waals surface area contributed by atoms with E-state index in [1.54, 1.807) is 12.1 Å². The van der Waals surface area contributed by atoms with Crippen molar-refractivity contribution in [3.05, 3.63) is 33.9 Å². The van der Waals surface area contributed by atoms with Crippen LogP contribution < -0.4 is 16.0 Å². The summed E-state index contributed by atoms with van der Waals surface area (Å²) in [5.74, 6) is -0.113. The average Bonchev–Trinajstić information content (AvgIpc) is 2.93. The Morgan fingerprint density at radius 3 is 2.95 bits per heavy atom. The Labute approximate surface area is 122 Å². The summed E-state index contributed by atoms with van der Waals surface area (Å²) in [6.45, 7) is 2.62. The van der Waals surface area contributed by atoms with E-state index in [9.17, 15) is 14.9 Å². The minimum absolute atomic E-state index is 0.0456. The lowest BCUT2D eigenvalue weighted by Gasteiger charge is -2.36. The molecule has 0 spiro atoms. The van der Waals surface area contributed by atoms with E-state index in [0.29, 0.717) is 17.6 Å². The quantitative estimate of drug-likeness (QED) is 0.635. The molecule has 2 aliphatic rings. The summed E-state index contributed by atoms with van der Waals surface area (Å²) < 4.78 is 0. The largest absolute Gasteiger partial charge is 0.366 e. The minimum atomic E-state index is -0.650. The number of rotatable bonds is 3. The molecule has 112 valence electrons. The zero-order valence-electron chi connectivity index (χ0n) is 11.6. The van der Waals surface area contributed by atoms with Crippen molar-refractivity contribution in [2.24, 2.45) is 11.7 Å². The lowest BCUT2D eigenvalue weighted by molar-refractivity contribution is -0.384. The minimum Gasteiger partial charge on any atom is -0.366 e. The number of nitro groups is 1. The molecule has 0 aliphatic carbocycles. The lowest BCUT2D eigenvalue weighted by Crippen LogP contribution is -2.44. The van der Waals surface area contributed by atoms with Crippen LogP contribution in [0.3, 0.4) is 0 Å². The fourth-order valence-electron chi connectivity index (χ4n) is 3.36. The van der Waals surface area contributed by atoms with Crippen LogP contribution in [0.4, 0.5) is 11.4 Å². The molecule has 0 aromatic heterocycles. The number of hydrogen-bond donors (Lipinski definition) is 2. The summed E-state index contributed by atoms with van der Waals surface area (Å²) in [4.78, 5) is 24.1. The Morgan fingerprint density at radius 2 is 2.24 bits per heavy atom. The third kappa shape index (κ3) is 2.56. The third-order valence-electron chi connectivity index (χ3n) is 4.45. The Hall–Kier alpha value is -2.15. The SMILES string of the molecule is NC(=O)c1ccc(N2CCC3NCCC3C2)c([N+](=O)[O-])c1. The molecular formula is C14H18N4O3. The van der Waals surface area contributed by atoms with Gasteiger partial charge in [-0.15, -0.1) is 0 Å². The zero-order chi connectivity index (χ0) is 15.0. The summed E-state index contributed by atoms with van der Waals surface area (Å²) >= 11 is 0. The van der Waals surface area contributed by atoms with Gasteiger partial charge in [-0.05, 0) is 37.4 Å². The van der Waals surface area contributed by atoms with Crippen LogP contribution in [0.15, 0.2) is 18.2 Å². The van der Waals surface area contributed by atoms with Gasteiger partial charge in [0.2, 0.25) is 5.91 Å². The Balaban J connectivity index is 1.90. The van der Waals surface area contributed by atoms with E-state index in [0.717, 1.165) is 32.5 Å².